The first-order valence-corrected chi connectivity index (χ1v) is 37.2. The summed E-state index contributed by atoms with van der Waals surface area (Å²) in [5, 5.41) is 94.8. The van der Waals surface area contributed by atoms with Gasteiger partial charge in [0.1, 0.15) is 12.4 Å². The third-order valence-electron chi connectivity index (χ3n) is 20.3. The fourth-order valence-corrected chi connectivity index (χ4v) is 15.1. The highest BCUT2D eigenvalue weighted by atomic mass is 16.5. The third-order valence-corrected chi connectivity index (χ3v) is 20.3. The Hall–Kier alpha value is -4.56. The van der Waals surface area contributed by atoms with Crippen LogP contribution in [0.5, 0.6) is 0 Å². The highest BCUT2D eigenvalue weighted by Crippen LogP contribution is 2.44. The molecule has 0 bridgehead atoms. The summed E-state index contributed by atoms with van der Waals surface area (Å²) in [7, 11) is 0. The van der Waals surface area contributed by atoms with E-state index in [9.17, 15) is 55.5 Å². The maximum absolute atomic E-state index is 13.9. The lowest BCUT2D eigenvalue weighted by Crippen LogP contribution is -2.25. The second-order valence-electron chi connectivity index (χ2n) is 27.5. The number of unbranched alkanes of at least 4 members (excludes halogenated alkanes) is 10. The molecule has 13 heteroatoms. The zero-order valence-electron chi connectivity index (χ0n) is 58.3. The van der Waals surface area contributed by atoms with Crippen LogP contribution in [0.3, 0.4) is 0 Å². The van der Waals surface area contributed by atoms with Gasteiger partial charge in [0.15, 0.2) is 0 Å². The number of amides is 1. The van der Waals surface area contributed by atoms with Crippen LogP contribution in [0, 0.1) is 57.2 Å². The van der Waals surface area contributed by atoms with Crippen LogP contribution in [0.25, 0.3) is 21.5 Å². The van der Waals surface area contributed by atoms with Gasteiger partial charge in [-0.15, -0.1) is 35.5 Å². The molecular weight excluding hydrogens is 1180 g/mol. The molecule has 0 unspecified atom stereocenters. The van der Waals surface area contributed by atoms with Gasteiger partial charge < -0.3 is 56.0 Å². The maximum Gasteiger partial charge on any atom is 0.407 e. The number of aliphatic hydroxyl groups excluding tert-OH is 9. The van der Waals surface area contributed by atoms with Crippen LogP contribution < -0.4 is 5.32 Å². The van der Waals surface area contributed by atoms with Crippen LogP contribution in [-0.2, 0) is 16.1 Å². The first-order valence-electron chi connectivity index (χ1n) is 37.2. The maximum atomic E-state index is 13.9. The normalized spacial score (nSPS) is 11.9. The fourth-order valence-electron chi connectivity index (χ4n) is 15.1. The Morgan fingerprint density at radius 3 is 0.926 bits per heavy atom. The first-order chi connectivity index (χ1) is 46.0. The third kappa shape index (κ3) is 35.6. The van der Waals surface area contributed by atoms with E-state index in [1.807, 2.05) is 24.3 Å². The summed E-state index contributed by atoms with van der Waals surface area (Å²) in [5.41, 5.74) is 0.870. The van der Waals surface area contributed by atoms with Crippen LogP contribution >= 0.6 is 0 Å². The topological polar surface area (TPSA) is 237 Å². The van der Waals surface area contributed by atoms with Crippen molar-refractivity contribution in [3.05, 3.63) is 60.2 Å². The molecule has 3 rings (SSSR count). The quantitative estimate of drug-likeness (QED) is 0.0144. The fraction of sp³-hybridized carbons (Fsp3) is 0.728. The molecule has 0 saturated carbocycles. The number of alkyl carbamates (subject to hydrolysis) is 1. The molecule has 10 N–H and O–H groups in total. The Balaban J connectivity index is 1.73. The van der Waals surface area contributed by atoms with Gasteiger partial charge in [-0.05, 0) is 261 Å². The Morgan fingerprint density at radius 1 is 0.330 bits per heavy atom. The van der Waals surface area contributed by atoms with Crippen molar-refractivity contribution in [2.45, 2.75) is 289 Å². The molecule has 530 valence electrons. The van der Waals surface area contributed by atoms with E-state index in [2.05, 4.69) is 71.2 Å². The van der Waals surface area contributed by atoms with E-state index in [-0.39, 0.29) is 87.7 Å². The monoisotopic (exact) mass is 1310 g/mol. The van der Waals surface area contributed by atoms with Crippen molar-refractivity contribution in [1.29, 1.82) is 0 Å². The van der Waals surface area contributed by atoms with Crippen LogP contribution in [0.4, 0.5) is 4.79 Å². The predicted molar refractivity (Wildman–Crippen MR) is 385 cm³/mol. The molecule has 3 aromatic carbocycles. The number of aliphatic hydroxyl groups is 9. The minimum atomic E-state index is -0.422. The summed E-state index contributed by atoms with van der Waals surface area (Å²) < 4.78 is 5.75. The Labute approximate surface area is 568 Å². The number of carbonyl (C=O) groups is 2. The van der Waals surface area contributed by atoms with Crippen LogP contribution in [0.2, 0.25) is 0 Å². The van der Waals surface area contributed by atoms with Crippen molar-refractivity contribution in [2.24, 2.45) is 21.7 Å². The SMILES string of the molecule is O=C(CCCCCCCNC(=O)OCc1c2ccccc2cc2ccccc12)CCC(CCCC#CCCCC(CCCO)(CCCO)CCCO)(CCCC#CCCCC(CCCO)(CCCO)CCCO)CCCC#CCCCC(CCCO)(CCCO)CCCO. The average molecular weight is 1310 g/mol. The Kier molecular flexibility index (Phi) is 47.6. The van der Waals surface area contributed by atoms with Crippen LogP contribution in [-0.4, -0.2) is 124 Å². The minimum Gasteiger partial charge on any atom is -0.445 e. The number of nitrogens with one attached hydrogen (secondary N) is 1. The molecule has 3 aromatic rings. The molecule has 0 aromatic heterocycles. The zero-order valence-corrected chi connectivity index (χ0v) is 58.3. The number of fused-ring (bicyclic) bond motifs is 2. The van der Waals surface area contributed by atoms with Crippen molar-refractivity contribution in [3.63, 3.8) is 0 Å². The van der Waals surface area contributed by atoms with Crippen molar-refractivity contribution in [2.75, 3.05) is 66.0 Å². The first kappa shape index (κ1) is 83.7. The smallest absolute Gasteiger partial charge is 0.407 e. The molecule has 94 heavy (non-hydrogen) atoms. The number of hydrogen-bond acceptors (Lipinski definition) is 12. The van der Waals surface area contributed by atoms with Gasteiger partial charge >= 0.3 is 6.09 Å². The minimum absolute atomic E-state index is 0.0171. The second-order valence-corrected chi connectivity index (χ2v) is 27.5. The van der Waals surface area contributed by atoms with Gasteiger partial charge in [-0.1, -0.05) is 67.8 Å². The van der Waals surface area contributed by atoms with Gasteiger partial charge in [0.05, 0.1) is 0 Å². The standard InChI is InChI=1S/C81H129NO12/c83-60-28-49-78(50-29-61-84,51-30-62-85)43-21-9-1-4-12-24-46-81(47-25-13-5-2-10-22-44-79(52-31-63-86,53-32-64-87)54-33-65-88,48-26-14-6-3-11-23-45-80(55-34-66-89,56-35-67-90)57-36-68-91)58-42-73(92)39-16-8-7-15-27-59-82-77(93)94-70-76-74-40-19-17-37-71(74)69-72-38-18-20-41-75(72)76/h17-20,37-38,40-41,69,83-91H,7-16,21-36,39,42-68,70H2,(H,82,93). The lowest BCUT2D eigenvalue weighted by atomic mass is 9.71. The van der Waals surface area contributed by atoms with E-state index in [1.54, 1.807) is 0 Å². The molecule has 0 radical (unpaired) electrons. The average Bonchev–Trinajstić information content (AvgIpc) is 0.782. The summed E-state index contributed by atoms with van der Waals surface area (Å²) in [5.74, 6) is 21.3. The molecule has 0 spiro atoms. The number of hydrogen-bond donors (Lipinski definition) is 10. The summed E-state index contributed by atoms with van der Waals surface area (Å²) >= 11 is 0. The number of ether oxygens (including phenoxy) is 1. The Morgan fingerprint density at radius 2 is 0.606 bits per heavy atom. The summed E-state index contributed by atoms with van der Waals surface area (Å²) in [6.45, 7) is 1.91. The second kappa shape index (κ2) is 53.5. The highest BCUT2D eigenvalue weighted by Gasteiger charge is 2.32. The molecule has 0 aliphatic rings. The molecule has 0 aliphatic heterocycles. The van der Waals surface area contributed by atoms with E-state index < -0.39 is 6.09 Å². The molecule has 13 nitrogen and oxygen atoms in total. The Bertz CT molecular complexity index is 2350. The molecule has 0 atom stereocenters. The number of carbonyl (C=O) groups excluding carboxylic acids is 2. The van der Waals surface area contributed by atoms with Gasteiger partial charge in [0, 0.05) is 123 Å². The molecule has 1 amide bonds. The van der Waals surface area contributed by atoms with E-state index in [0.29, 0.717) is 83.0 Å². The lowest BCUT2D eigenvalue weighted by Gasteiger charge is -2.34. The largest absolute Gasteiger partial charge is 0.445 e. The van der Waals surface area contributed by atoms with Crippen molar-refractivity contribution >= 4 is 33.4 Å². The van der Waals surface area contributed by atoms with E-state index >= 15 is 0 Å². The van der Waals surface area contributed by atoms with Gasteiger partial charge in [0.25, 0.3) is 0 Å². The summed E-state index contributed by atoms with van der Waals surface area (Å²) in [6.07, 6.45) is 36.2. The van der Waals surface area contributed by atoms with Crippen LogP contribution in [0.1, 0.15) is 288 Å². The van der Waals surface area contributed by atoms with Crippen LogP contribution in [0.15, 0.2) is 54.6 Å². The van der Waals surface area contributed by atoms with E-state index in [4.69, 9.17) is 4.74 Å². The number of ketones is 1. The van der Waals surface area contributed by atoms with Crippen molar-refractivity contribution < 1.29 is 60.3 Å². The van der Waals surface area contributed by atoms with E-state index in [0.717, 1.165) is 239 Å². The highest BCUT2D eigenvalue weighted by molar-refractivity contribution is 6.02. The van der Waals surface area contributed by atoms with Crippen molar-refractivity contribution in [1.82, 2.24) is 5.32 Å². The summed E-state index contributed by atoms with van der Waals surface area (Å²) in [6, 6.07) is 18.6. The number of Topliss-reactive ketones (excluding diaryl/α,β-unsaturated/α-hetero) is 1. The van der Waals surface area contributed by atoms with E-state index in [1.165, 1.54) is 0 Å². The molecular formula is C81H129NO12. The molecule has 0 fully saturated rings. The van der Waals surface area contributed by atoms with Gasteiger partial charge in [-0.25, -0.2) is 4.79 Å². The van der Waals surface area contributed by atoms with Crippen molar-refractivity contribution in [3.8, 4) is 35.5 Å². The van der Waals surface area contributed by atoms with Gasteiger partial charge in [-0.3, -0.25) is 4.79 Å². The van der Waals surface area contributed by atoms with Gasteiger partial charge in [0.2, 0.25) is 0 Å². The van der Waals surface area contributed by atoms with Gasteiger partial charge in [-0.2, -0.15) is 0 Å². The molecule has 0 aliphatic carbocycles. The molecule has 0 heterocycles. The number of benzene rings is 3. The summed E-state index contributed by atoms with van der Waals surface area (Å²) in [4.78, 5) is 26.8. The lowest BCUT2D eigenvalue weighted by molar-refractivity contribution is -0.120. The zero-order chi connectivity index (χ0) is 68.0. The molecule has 0 saturated heterocycles. The number of rotatable bonds is 58. The predicted octanol–water partition coefficient (Wildman–Crippen LogP) is 15.8.